The Bertz CT molecular complexity index is 495. The van der Waals surface area contributed by atoms with Crippen LogP contribution in [0.25, 0.3) is 11.2 Å². The molecule has 0 atom stereocenters. The third-order valence-electron chi connectivity index (χ3n) is 3.57. The number of hydrogen-bond acceptors (Lipinski definition) is 2. The molecule has 0 aliphatic heterocycles. The largest absolute Gasteiger partial charge is 0.310 e. The van der Waals surface area contributed by atoms with Crippen LogP contribution in [-0.4, -0.2) is 14.5 Å². The van der Waals surface area contributed by atoms with Gasteiger partial charge in [-0.3, -0.25) is 0 Å². The first-order chi connectivity index (χ1) is 7.86. The van der Waals surface area contributed by atoms with E-state index in [0.29, 0.717) is 6.04 Å². The molecule has 1 aliphatic rings. The van der Waals surface area contributed by atoms with Gasteiger partial charge in [-0.15, -0.1) is 0 Å². The van der Waals surface area contributed by atoms with Gasteiger partial charge in [0.15, 0.2) is 5.65 Å². The third-order valence-corrected chi connectivity index (χ3v) is 3.57. The van der Waals surface area contributed by atoms with Crippen molar-refractivity contribution in [3.8, 4) is 0 Å². The van der Waals surface area contributed by atoms with E-state index >= 15 is 0 Å². The molecule has 16 heavy (non-hydrogen) atoms. The van der Waals surface area contributed by atoms with Crippen molar-refractivity contribution in [2.45, 2.75) is 45.1 Å². The quantitative estimate of drug-likeness (QED) is 0.731. The van der Waals surface area contributed by atoms with Gasteiger partial charge >= 0.3 is 0 Å². The second-order valence-electron chi connectivity index (χ2n) is 4.67. The summed E-state index contributed by atoms with van der Waals surface area (Å²) in [6, 6.07) is 4.63. The molecule has 3 rings (SSSR count). The van der Waals surface area contributed by atoms with Crippen LogP contribution >= 0.6 is 0 Å². The molecule has 84 valence electrons. The number of aromatic nitrogens is 3. The molecule has 2 aromatic heterocycles. The van der Waals surface area contributed by atoms with Crippen LogP contribution in [0.3, 0.4) is 0 Å². The molecule has 1 fully saturated rings. The zero-order valence-electron chi connectivity index (χ0n) is 9.69. The molecule has 0 aromatic carbocycles. The van der Waals surface area contributed by atoms with Gasteiger partial charge in [-0.2, -0.15) is 0 Å². The monoisotopic (exact) mass is 215 g/mol. The highest BCUT2D eigenvalue weighted by molar-refractivity contribution is 5.71. The number of hydrogen-bond donors (Lipinski definition) is 0. The van der Waals surface area contributed by atoms with E-state index in [9.17, 15) is 0 Å². The lowest BCUT2D eigenvalue weighted by molar-refractivity contribution is 0.354. The minimum atomic E-state index is 0.619. The standard InChI is InChI=1S/C13H17N3/c1-10-15-12-8-5-9-14-13(12)16(10)11-6-3-2-4-7-11/h5,8-9,11H,2-4,6-7H2,1H3. The molecule has 0 spiro atoms. The Morgan fingerprint density at radius 3 is 2.88 bits per heavy atom. The Labute approximate surface area is 95.5 Å². The molecular weight excluding hydrogens is 198 g/mol. The van der Waals surface area contributed by atoms with Crippen molar-refractivity contribution in [3.63, 3.8) is 0 Å². The minimum absolute atomic E-state index is 0.619. The summed E-state index contributed by atoms with van der Waals surface area (Å²) in [5.74, 6) is 1.11. The SMILES string of the molecule is Cc1nc2cccnc2n1C1CCCCC1. The summed E-state index contributed by atoms with van der Waals surface area (Å²) in [5.41, 5.74) is 2.09. The number of nitrogens with zero attached hydrogens (tertiary/aromatic N) is 3. The van der Waals surface area contributed by atoms with Crippen molar-refractivity contribution in [1.82, 2.24) is 14.5 Å². The Balaban J connectivity index is 2.10. The van der Waals surface area contributed by atoms with Gasteiger partial charge in [0, 0.05) is 12.2 Å². The molecule has 3 nitrogen and oxygen atoms in total. The van der Waals surface area contributed by atoms with E-state index in [2.05, 4.69) is 27.5 Å². The van der Waals surface area contributed by atoms with Crippen molar-refractivity contribution in [1.29, 1.82) is 0 Å². The van der Waals surface area contributed by atoms with Gasteiger partial charge in [0.1, 0.15) is 11.3 Å². The van der Waals surface area contributed by atoms with Crippen molar-refractivity contribution >= 4 is 11.2 Å². The molecule has 0 N–H and O–H groups in total. The molecule has 0 unspecified atom stereocenters. The second kappa shape index (κ2) is 3.89. The third kappa shape index (κ3) is 1.51. The first-order valence-electron chi connectivity index (χ1n) is 6.16. The fourth-order valence-corrected chi connectivity index (χ4v) is 2.82. The van der Waals surface area contributed by atoms with Gasteiger partial charge in [0.05, 0.1) is 0 Å². The summed E-state index contributed by atoms with van der Waals surface area (Å²) in [6.07, 6.45) is 8.50. The van der Waals surface area contributed by atoms with E-state index in [0.717, 1.165) is 17.0 Å². The molecule has 0 amide bonds. The number of rotatable bonds is 1. The predicted molar refractivity (Wildman–Crippen MR) is 64.4 cm³/mol. The van der Waals surface area contributed by atoms with Crippen molar-refractivity contribution in [2.24, 2.45) is 0 Å². The molecule has 2 heterocycles. The molecule has 0 radical (unpaired) electrons. The number of aryl methyl sites for hydroxylation is 1. The van der Waals surface area contributed by atoms with E-state index in [1.54, 1.807) is 0 Å². The van der Waals surface area contributed by atoms with E-state index in [4.69, 9.17) is 0 Å². The number of fused-ring (bicyclic) bond motifs is 1. The van der Waals surface area contributed by atoms with Crippen molar-refractivity contribution in [2.75, 3.05) is 0 Å². The maximum Gasteiger partial charge on any atom is 0.160 e. The highest BCUT2D eigenvalue weighted by atomic mass is 15.1. The van der Waals surface area contributed by atoms with E-state index in [1.807, 2.05) is 12.3 Å². The van der Waals surface area contributed by atoms with Gasteiger partial charge in [-0.1, -0.05) is 19.3 Å². The van der Waals surface area contributed by atoms with Crippen LogP contribution in [0.5, 0.6) is 0 Å². The van der Waals surface area contributed by atoms with Crippen LogP contribution in [-0.2, 0) is 0 Å². The summed E-state index contributed by atoms with van der Waals surface area (Å²) in [6.45, 7) is 2.09. The Kier molecular flexibility index (Phi) is 2.39. The highest BCUT2D eigenvalue weighted by Crippen LogP contribution is 2.31. The smallest absolute Gasteiger partial charge is 0.160 e. The van der Waals surface area contributed by atoms with Gasteiger partial charge in [-0.05, 0) is 31.9 Å². The maximum absolute atomic E-state index is 4.59. The summed E-state index contributed by atoms with van der Waals surface area (Å²) >= 11 is 0. The average molecular weight is 215 g/mol. The molecule has 1 saturated carbocycles. The molecule has 0 saturated heterocycles. The Morgan fingerprint density at radius 2 is 2.06 bits per heavy atom. The molecular formula is C13H17N3. The topological polar surface area (TPSA) is 30.7 Å². The van der Waals surface area contributed by atoms with Crippen LogP contribution in [0.15, 0.2) is 18.3 Å². The summed E-state index contributed by atoms with van der Waals surface area (Å²) in [5, 5.41) is 0. The van der Waals surface area contributed by atoms with Crippen molar-refractivity contribution in [3.05, 3.63) is 24.2 Å². The van der Waals surface area contributed by atoms with Crippen LogP contribution < -0.4 is 0 Å². The van der Waals surface area contributed by atoms with E-state index < -0.39 is 0 Å². The van der Waals surface area contributed by atoms with Crippen LogP contribution in [0.4, 0.5) is 0 Å². The zero-order chi connectivity index (χ0) is 11.0. The Morgan fingerprint density at radius 1 is 1.25 bits per heavy atom. The van der Waals surface area contributed by atoms with Crippen LogP contribution in [0, 0.1) is 6.92 Å². The lowest BCUT2D eigenvalue weighted by atomic mass is 9.95. The Hall–Kier alpha value is -1.38. The molecule has 3 heteroatoms. The fraction of sp³-hybridized carbons (Fsp3) is 0.538. The highest BCUT2D eigenvalue weighted by Gasteiger charge is 2.19. The number of pyridine rings is 1. The van der Waals surface area contributed by atoms with Crippen molar-refractivity contribution < 1.29 is 0 Å². The molecule has 0 bridgehead atoms. The average Bonchev–Trinajstić information content (AvgIpc) is 2.66. The lowest BCUT2D eigenvalue weighted by Crippen LogP contribution is -2.14. The second-order valence-corrected chi connectivity index (χ2v) is 4.67. The summed E-state index contributed by atoms with van der Waals surface area (Å²) in [4.78, 5) is 9.07. The van der Waals surface area contributed by atoms with E-state index in [-0.39, 0.29) is 0 Å². The number of imidazole rings is 1. The first kappa shape index (κ1) is 9.82. The van der Waals surface area contributed by atoms with Gasteiger partial charge in [0.2, 0.25) is 0 Å². The van der Waals surface area contributed by atoms with E-state index in [1.165, 1.54) is 32.1 Å². The van der Waals surface area contributed by atoms with Crippen LogP contribution in [0.1, 0.15) is 44.0 Å². The van der Waals surface area contributed by atoms with Gasteiger partial charge in [0.25, 0.3) is 0 Å². The van der Waals surface area contributed by atoms with Gasteiger partial charge in [-0.25, -0.2) is 9.97 Å². The fourth-order valence-electron chi connectivity index (χ4n) is 2.82. The van der Waals surface area contributed by atoms with Gasteiger partial charge < -0.3 is 4.57 Å². The first-order valence-corrected chi connectivity index (χ1v) is 6.16. The lowest BCUT2D eigenvalue weighted by Gasteiger charge is -2.24. The maximum atomic E-state index is 4.59. The predicted octanol–water partition coefficient (Wildman–Crippen LogP) is 3.24. The summed E-state index contributed by atoms with van der Waals surface area (Å²) in [7, 11) is 0. The minimum Gasteiger partial charge on any atom is -0.310 e. The molecule has 2 aromatic rings. The molecule has 1 aliphatic carbocycles. The zero-order valence-corrected chi connectivity index (χ0v) is 9.69. The normalized spacial score (nSPS) is 18.1. The summed E-state index contributed by atoms with van der Waals surface area (Å²) < 4.78 is 2.34. The van der Waals surface area contributed by atoms with Crippen LogP contribution in [0.2, 0.25) is 0 Å².